The van der Waals surface area contributed by atoms with Crippen LogP contribution in [0.15, 0.2) is 76.3 Å². The monoisotopic (exact) mass is 458 g/mol. The molecular weight excluding hydrogens is 444 g/mol. The molecule has 0 spiro atoms. The van der Waals surface area contributed by atoms with Gasteiger partial charge in [0.1, 0.15) is 0 Å². The average molecular weight is 458 g/mol. The molecule has 0 atom stereocenters. The first-order valence-electron chi connectivity index (χ1n) is 11.9. The van der Waals surface area contributed by atoms with Crippen LogP contribution in [0.5, 0.6) is 0 Å². The van der Waals surface area contributed by atoms with Gasteiger partial charge in [-0.25, -0.2) is 0 Å². The van der Waals surface area contributed by atoms with E-state index in [1.165, 1.54) is 4.57 Å². The molecule has 0 amide bonds. The van der Waals surface area contributed by atoms with E-state index in [-0.39, 0.29) is 11.1 Å². The van der Waals surface area contributed by atoms with Gasteiger partial charge in [-0.1, -0.05) is 60.7 Å². The fraction of sp³-hybridized carbons (Fsp3) is 0.0312. The van der Waals surface area contributed by atoms with Crippen LogP contribution in [0, 0.1) is 11.3 Å². The lowest BCUT2D eigenvalue weighted by molar-refractivity contribution is 0.857. The van der Waals surface area contributed by atoms with E-state index in [0.717, 1.165) is 75.4 Å². The highest BCUT2D eigenvalue weighted by Crippen LogP contribution is 2.54. The van der Waals surface area contributed by atoms with E-state index in [1.807, 2.05) is 36.4 Å². The highest BCUT2D eigenvalue weighted by atomic mass is 16.2. The first-order valence-corrected chi connectivity index (χ1v) is 11.9. The Balaban J connectivity index is 1.90. The van der Waals surface area contributed by atoms with Crippen molar-refractivity contribution >= 4 is 86.2 Å². The largest absolute Gasteiger partial charge is 0.277 e. The first-order chi connectivity index (χ1) is 17.6. The van der Waals surface area contributed by atoms with Gasteiger partial charge >= 0.3 is 0 Å². The lowest BCUT2D eigenvalue weighted by Crippen LogP contribution is -2.21. The molecule has 0 unspecified atom stereocenters. The second-order valence-corrected chi connectivity index (χ2v) is 9.88. The fourth-order valence-corrected chi connectivity index (χ4v) is 7.08. The van der Waals surface area contributed by atoms with Gasteiger partial charge in [0, 0.05) is 34.0 Å². The lowest BCUT2D eigenvalue weighted by Gasteiger charge is -2.13. The molecular formula is C32H14N2O2. The second-order valence-electron chi connectivity index (χ2n) is 9.88. The van der Waals surface area contributed by atoms with Crippen LogP contribution in [-0.4, -0.2) is 4.57 Å². The average Bonchev–Trinajstić information content (AvgIpc) is 3.39. The minimum Gasteiger partial charge on any atom is -0.277 e. The Morgan fingerprint density at radius 1 is 0.528 bits per heavy atom. The maximum absolute atomic E-state index is 13.7. The van der Waals surface area contributed by atoms with Crippen molar-refractivity contribution in [2.45, 2.75) is 0 Å². The van der Waals surface area contributed by atoms with Gasteiger partial charge in [0.15, 0.2) is 0 Å². The number of nitrogens with zero attached hydrogens (tertiary/aromatic N) is 2. The molecule has 36 heavy (non-hydrogen) atoms. The summed E-state index contributed by atoms with van der Waals surface area (Å²) in [6, 6.07) is 24.8. The zero-order valence-corrected chi connectivity index (χ0v) is 19.1. The van der Waals surface area contributed by atoms with Gasteiger partial charge in [0.25, 0.3) is 11.1 Å². The predicted octanol–water partition coefficient (Wildman–Crippen LogP) is 6.59. The number of hydrogen-bond donors (Lipinski definition) is 0. The minimum atomic E-state index is -0.258. The molecule has 0 aliphatic heterocycles. The molecule has 1 aromatic heterocycles. The topological polar surface area (TPSA) is 62.9 Å². The summed E-state index contributed by atoms with van der Waals surface area (Å²) in [4.78, 5) is 27.4. The Morgan fingerprint density at radius 2 is 0.944 bits per heavy atom. The van der Waals surface area contributed by atoms with E-state index in [4.69, 9.17) is 0 Å². The van der Waals surface area contributed by atoms with Gasteiger partial charge in [0.2, 0.25) is 0 Å². The summed E-state index contributed by atoms with van der Waals surface area (Å²) in [6.45, 7) is 0. The van der Waals surface area contributed by atoms with Crippen molar-refractivity contribution in [3.63, 3.8) is 0 Å². The van der Waals surface area contributed by atoms with Crippen LogP contribution in [0.25, 0.3) is 86.2 Å². The molecule has 164 valence electrons. The zero-order valence-electron chi connectivity index (χ0n) is 19.1. The molecule has 0 bridgehead atoms. The molecule has 0 N–H and O–H groups in total. The predicted molar refractivity (Wildman–Crippen MR) is 147 cm³/mol. The van der Waals surface area contributed by atoms with Crippen LogP contribution in [-0.2, 0) is 7.05 Å². The van der Waals surface area contributed by atoms with Gasteiger partial charge in [0.05, 0.1) is 22.4 Å². The Labute approximate surface area is 202 Å². The third kappa shape index (κ3) is 1.69. The van der Waals surface area contributed by atoms with E-state index in [9.17, 15) is 14.9 Å². The summed E-state index contributed by atoms with van der Waals surface area (Å²) < 4.78 is 1.25. The van der Waals surface area contributed by atoms with Crippen LogP contribution in [0.3, 0.4) is 0 Å². The Bertz CT molecular complexity index is 2520. The van der Waals surface area contributed by atoms with Crippen molar-refractivity contribution in [3.8, 4) is 6.07 Å². The molecule has 9 aromatic rings. The van der Waals surface area contributed by atoms with Gasteiger partial charge in [-0.2, -0.15) is 5.26 Å². The molecule has 4 nitrogen and oxygen atoms in total. The van der Waals surface area contributed by atoms with Crippen molar-refractivity contribution < 1.29 is 0 Å². The standard InChI is InChI=1S/C32H14N2O2/c1-34-31(35)29-24-18-8-4-2-6-16(18)20-11-10-15-14(13-33)12-21-17-7-3-5-9-19(17)25(30(29)32(34)36)28-26(21)22(15)23(20)27(24)28/h2-12H,1H3. The first kappa shape index (κ1) is 18.3. The number of aromatic nitrogens is 1. The minimum absolute atomic E-state index is 0.258. The molecule has 9 rings (SSSR count). The quantitative estimate of drug-likeness (QED) is 0.241. The normalized spacial score (nSPS) is 12.8. The fourth-order valence-electron chi connectivity index (χ4n) is 7.08. The summed E-state index contributed by atoms with van der Waals surface area (Å²) in [5, 5.41) is 25.1. The van der Waals surface area contributed by atoms with Crippen molar-refractivity contribution in [3.05, 3.63) is 93.0 Å². The summed E-state index contributed by atoms with van der Waals surface area (Å²) >= 11 is 0. The molecule has 0 aliphatic rings. The van der Waals surface area contributed by atoms with Crippen molar-refractivity contribution in [2.75, 3.05) is 0 Å². The Morgan fingerprint density at radius 3 is 1.53 bits per heavy atom. The highest BCUT2D eigenvalue weighted by molar-refractivity contribution is 6.55. The number of nitriles is 1. The van der Waals surface area contributed by atoms with E-state index < -0.39 is 0 Å². The van der Waals surface area contributed by atoms with Crippen molar-refractivity contribution in [1.82, 2.24) is 4.57 Å². The molecule has 8 aromatic carbocycles. The summed E-state index contributed by atoms with van der Waals surface area (Å²) in [7, 11) is 1.57. The maximum atomic E-state index is 13.7. The van der Waals surface area contributed by atoms with E-state index in [0.29, 0.717) is 16.3 Å². The Kier molecular flexibility index (Phi) is 2.86. The maximum Gasteiger partial charge on any atom is 0.261 e. The molecule has 4 heteroatoms. The molecule has 0 aliphatic carbocycles. The smallest absolute Gasteiger partial charge is 0.261 e. The van der Waals surface area contributed by atoms with Crippen LogP contribution in [0.2, 0.25) is 0 Å². The van der Waals surface area contributed by atoms with Crippen LogP contribution < -0.4 is 11.1 Å². The van der Waals surface area contributed by atoms with Gasteiger partial charge in [-0.05, 0) is 54.5 Å². The number of hydrogen-bond acceptors (Lipinski definition) is 3. The van der Waals surface area contributed by atoms with Crippen molar-refractivity contribution in [1.29, 1.82) is 5.26 Å². The van der Waals surface area contributed by atoms with Crippen LogP contribution in [0.4, 0.5) is 0 Å². The van der Waals surface area contributed by atoms with Gasteiger partial charge in [-0.15, -0.1) is 0 Å². The molecule has 0 saturated carbocycles. The summed E-state index contributed by atoms with van der Waals surface area (Å²) in [6.07, 6.45) is 0. The SMILES string of the molecule is Cn1c(=O)c2c(c1=O)c1c3ccccc3c3cc(C#N)c4ccc5c6ccccc6c2c2c5c4c3c12. The number of rotatable bonds is 0. The molecule has 0 saturated heterocycles. The van der Waals surface area contributed by atoms with Gasteiger partial charge < -0.3 is 0 Å². The molecule has 1 heterocycles. The van der Waals surface area contributed by atoms with E-state index >= 15 is 0 Å². The summed E-state index contributed by atoms with van der Waals surface area (Å²) in [5.74, 6) is 0. The van der Waals surface area contributed by atoms with Gasteiger partial charge in [-0.3, -0.25) is 14.2 Å². The van der Waals surface area contributed by atoms with Crippen LogP contribution >= 0.6 is 0 Å². The van der Waals surface area contributed by atoms with E-state index in [1.54, 1.807) is 7.05 Å². The highest BCUT2D eigenvalue weighted by Gasteiger charge is 2.30. The number of benzene rings is 7. The van der Waals surface area contributed by atoms with Crippen molar-refractivity contribution in [2.24, 2.45) is 7.05 Å². The molecule has 0 radical (unpaired) electrons. The zero-order chi connectivity index (χ0) is 24.0. The summed E-state index contributed by atoms with van der Waals surface area (Å²) in [5.41, 5.74) is 0.121. The molecule has 0 fully saturated rings. The van der Waals surface area contributed by atoms with Crippen LogP contribution in [0.1, 0.15) is 5.56 Å². The Hall–Kier alpha value is -5.01. The third-order valence-electron chi connectivity index (χ3n) is 8.43. The third-order valence-corrected chi connectivity index (χ3v) is 8.43. The van der Waals surface area contributed by atoms with E-state index in [2.05, 4.69) is 36.4 Å². The lowest BCUT2D eigenvalue weighted by atomic mass is 9.88. The second kappa shape index (κ2) is 5.62. The number of fused-ring (bicyclic) bond motifs is 9.